The number of hydrogen-bond acceptors (Lipinski definition) is 5. The maximum atomic E-state index is 12.3. The molecule has 0 aromatic carbocycles. The molecule has 0 aliphatic carbocycles. The number of carbonyl (C=O) groups excluding carboxylic acids is 2. The SMILES string of the molecule is CC/C=C\C/C=C\C/C=C\C/C=C\C/C=C\C/C=C\C/C=C\C/C=C\C/C=C\CCCCCC(=O)OC(CO)COC(=O)CCCCCCCCCCCCCCCCCCC. The molecule has 0 aliphatic rings. The number of allylic oxidation sites excluding steroid dienone is 18. The minimum absolute atomic E-state index is 0.0834. The van der Waals surface area contributed by atoms with Crippen LogP contribution in [0.2, 0.25) is 0 Å². The number of esters is 2. The van der Waals surface area contributed by atoms with Gasteiger partial charge in [-0.1, -0.05) is 232 Å². The van der Waals surface area contributed by atoms with Gasteiger partial charge in [-0.3, -0.25) is 9.59 Å². The molecule has 0 heterocycles. The average Bonchev–Trinajstić information content (AvgIpc) is 3.28. The zero-order chi connectivity index (χ0) is 44.9. The molecule has 0 rings (SSSR count). The summed E-state index contributed by atoms with van der Waals surface area (Å²) in [6.07, 6.45) is 74.6. The zero-order valence-corrected chi connectivity index (χ0v) is 40.1. The predicted octanol–water partition coefficient (Wildman–Crippen LogP) is 17.0. The number of ether oxygens (including phenoxy) is 2. The van der Waals surface area contributed by atoms with E-state index in [0.717, 1.165) is 103 Å². The minimum Gasteiger partial charge on any atom is -0.462 e. The van der Waals surface area contributed by atoms with E-state index in [0.29, 0.717) is 12.8 Å². The summed E-state index contributed by atoms with van der Waals surface area (Å²) in [7, 11) is 0. The molecule has 0 aromatic heterocycles. The van der Waals surface area contributed by atoms with Crippen molar-refractivity contribution in [3.05, 3.63) is 109 Å². The lowest BCUT2D eigenvalue weighted by Crippen LogP contribution is -2.28. The fraction of sp³-hybridized carbons (Fsp3) is 0.649. The van der Waals surface area contributed by atoms with Gasteiger partial charge in [0.05, 0.1) is 6.61 Å². The molecule has 0 bridgehead atoms. The zero-order valence-electron chi connectivity index (χ0n) is 40.1. The lowest BCUT2D eigenvalue weighted by Gasteiger charge is -2.15. The number of carbonyl (C=O) groups is 2. The summed E-state index contributed by atoms with van der Waals surface area (Å²) in [6, 6.07) is 0. The third-order valence-electron chi connectivity index (χ3n) is 10.6. The summed E-state index contributed by atoms with van der Waals surface area (Å²) in [5.74, 6) is -0.631. The molecule has 0 amide bonds. The van der Waals surface area contributed by atoms with Crippen molar-refractivity contribution in [2.24, 2.45) is 0 Å². The maximum Gasteiger partial charge on any atom is 0.306 e. The topological polar surface area (TPSA) is 72.8 Å². The minimum atomic E-state index is -0.795. The van der Waals surface area contributed by atoms with E-state index in [1.807, 2.05) is 0 Å². The maximum absolute atomic E-state index is 12.3. The Morgan fingerprint density at radius 1 is 0.387 bits per heavy atom. The number of aliphatic hydroxyl groups is 1. The Morgan fingerprint density at radius 3 is 1.05 bits per heavy atom. The molecule has 0 spiro atoms. The average molecular weight is 859 g/mol. The molecular weight excluding hydrogens is 765 g/mol. The van der Waals surface area contributed by atoms with E-state index >= 15 is 0 Å². The molecule has 1 atom stereocenters. The van der Waals surface area contributed by atoms with Gasteiger partial charge in [0.1, 0.15) is 6.61 Å². The molecule has 0 fully saturated rings. The van der Waals surface area contributed by atoms with Crippen LogP contribution >= 0.6 is 0 Å². The third-order valence-corrected chi connectivity index (χ3v) is 10.6. The molecular formula is C57H94O5. The molecule has 1 N–H and O–H groups in total. The van der Waals surface area contributed by atoms with Crippen molar-refractivity contribution in [1.82, 2.24) is 0 Å². The first-order valence-electron chi connectivity index (χ1n) is 25.4. The number of aliphatic hydroxyl groups excluding tert-OH is 1. The van der Waals surface area contributed by atoms with Gasteiger partial charge < -0.3 is 14.6 Å². The van der Waals surface area contributed by atoms with Crippen LogP contribution in [0.5, 0.6) is 0 Å². The Balaban J connectivity index is 3.66. The highest BCUT2D eigenvalue weighted by Crippen LogP contribution is 2.15. The van der Waals surface area contributed by atoms with Gasteiger partial charge in [-0.25, -0.2) is 0 Å². The number of hydrogen-bond donors (Lipinski definition) is 1. The molecule has 5 heteroatoms. The summed E-state index contributed by atoms with van der Waals surface area (Å²) in [5, 5.41) is 9.61. The Morgan fingerprint density at radius 2 is 0.694 bits per heavy atom. The first-order valence-corrected chi connectivity index (χ1v) is 25.4. The van der Waals surface area contributed by atoms with Crippen LogP contribution in [-0.2, 0) is 19.1 Å². The van der Waals surface area contributed by atoms with Crippen LogP contribution in [0.4, 0.5) is 0 Å². The van der Waals surface area contributed by atoms with E-state index in [2.05, 4.69) is 123 Å². The van der Waals surface area contributed by atoms with Crippen molar-refractivity contribution < 1.29 is 24.2 Å². The van der Waals surface area contributed by atoms with Crippen LogP contribution in [0, 0.1) is 0 Å². The number of rotatable bonds is 45. The van der Waals surface area contributed by atoms with Crippen molar-refractivity contribution in [3.63, 3.8) is 0 Å². The molecule has 0 saturated heterocycles. The van der Waals surface area contributed by atoms with Gasteiger partial charge in [-0.05, 0) is 83.5 Å². The van der Waals surface area contributed by atoms with Gasteiger partial charge in [0.15, 0.2) is 6.10 Å². The summed E-state index contributed by atoms with van der Waals surface area (Å²) in [6.45, 7) is 4.00. The lowest BCUT2D eigenvalue weighted by atomic mass is 10.0. The number of unbranched alkanes of at least 4 members (excludes halogenated alkanes) is 19. The third kappa shape index (κ3) is 49.2. The van der Waals surface area contributed by atoms with Crippen molar-refractivity contribution in [1.29, 1.82) is 0 Å². The second kappa shape index (κ2) is 51.9. The Kier molecular flexibility index (Phi) is 49.0. The normalized spacial score (nSPS) is 13.1. The highest BCUT2D eigenvalue weighted by molar-refractivity contribution is 5.70. The van der Waals surface area contributed by atoms with E-state index in [9.17, 15) is 14.7 Å². The molecule has 1 unspecified atom stereocenters. The highest BCUT2D eigenvalue weighted by Gasteiger charge is 2.16. The molecule has 352 valence electrons. The summed E-state index contributed by atoms with van der Waals surface area (Å²) in [5.41, 5.74) is 0. The van der Waals surface area contributed by atoms with E-state index in [1.165, 1.54) is 89.9 Å². The molecule has 0 saturated carbocycles. The second-order valence-electron chi connectivity index (χ2n) is 16.5. The summed E-state index contributed by atoms with van der Waals surface area (Å²) < 4.78 is 10.6. The quantitative estimate of drug-likeness (QED) is 0.0375. The van der Waals surface area contributed by atoms with E-state index in [1.54, 1.807) is 0 Å². The van der Waals surface area contributed by atoms with Crippen molar-refractivity contribution in [2.45, 2.75) is 225 Å². The lowest BCUT2D eigenvalue weighted by molar-refractivity contribution is -0.161. The van der Waals surface area contributed by atoms with E-state index in [-0.39, 0.29) is 25.2 Å². The molecule has 5 nitrogen and oxygen atoms in total. The van der Waals surface area contributed by atoms with E-state index in [4.69, 9.17) is 9.47 Å². The molecule has 0 aliphatic heterocycles. The van der Waals surface area contributed by atoms with Crippen LogP contribution in [0.25, 0.3) is 0 Å². The summed E-state index contributed by atoms with van der Waals surface area (Å²) >= 11 is 0. The van der Waals surface area contributed by atoms with Crippen LogP contribution in [0.3, 0.4) is 0 Å². The fourth-order valence-electron chi connectivity index (χ4n) is 6.78. The monoisotopic (exact) mass is 859 g/mol. The predicted molar refractivity (Wildman–Crippen MR) is 269 cm³/mol. The van der Waals surface area contributed by atoms with Gasteiger partial charge in [0.25, 0.3) is 0 Å². The van der Waals surface area contributed by atoms with Gasteiger partial charge in [0.2, 0.25) is 0 Å². The van der Waals surface area contributed by atoms with Crippen LogP contribution in [0.15, 0.2) is 109 Å². The van der Waals surface area contributed by atoms with Gasteiger partial charge in [-0.2, -0.15) is 0 Å². The largest absolute Gasteiger partial charge is 0.462 e. The molecule has 0 radical (unpaired) electrons. The van der Waals surface area contributed by atoms with Crippen LogP contribution in [-0.4, -0.2) is 36.4 Å². The van der Waals surface area contributed by atoms with Gasteiger partial charge >= 0.3 is 11.9 Å². The standard InChI is InChI=1S/C57H94O5/c1-3-5-7-9-11-13-15-17-19-21-22-23-24-25-26-27-28-29-30-31-32-33-34-36-38-40-42-44-46-48-50-52-57(60)62-55(53-58)54-61-56(59)51-49-47-45-43-41-39-37-35-20-18-16-14-12-10-8-6-4-2/h5,7,11,13,17,19,22-23,25-26,28-29,31-32,34,36,40,42,55,58H,3-4,6,8-10,12,14-16,18,20-21,24,27,30,33,35,37-39,41,43-54H2,1-2H3/b7-5-,13-11-,19-17-,23-22-,26-25-,29-28-,32-31-,36-34-,42-40-. The Bertz CT molecular complexity index is 1250. The fourth-order valence-corrected chi connectivity index (χ4v) is 6.78. The van der Waals surface area contributed by atoms with Crippen molar-refractivity contribution in [3.8, 4) is 0 Å². The first kappa shape index (κ1) is 58.6. The van der Waals surface area contributed by atoms with Crippen molar-refractivity contribution in [2.75, 3.05) is 13.2 Å². The molecule has 0 aromatic rings. The van der Waals surface area contributed by atoms with Crippen LogP contribution in [0.1, 0.15) is 219 Å². The second-order valence-corrected chi connectivity index (χ2v) is 16.5. The molecule has 62 heavy (non-hydrogen) atoms. The Hall–Kier alpha value is -3.44. The van der Waals surface area contributed by atoms with Crippen molar-refractivity contribution >= 4 is 11.9 Å². The highest BCUT2D eigenvalue weighted by atomic mass is 16.6. The van der Waals surface area contributed by atoms with E-state index < -0.39 is 6.10 Å². The Labute approximate surface area is 382 Å². The van der Waals surface area contributed by atoms with Gasteiger partial charge in [-0.15, -0.1) is 0 Å². The summed E-state index contributed by atoms with van der Waals surface area (Å²) in [4.78, 5) is 24.4. The van der Waals surface area contributed by atoms with Gasteiger partial charge in [0, 0.05) is 12.8 Å². The smallest absolute Gasteiger partial charge is 0.306 e. The van der Waals surface area contributed by atoms with Crippen LogP contribution < -0.4 is 0 Å². The first-order chi connectivity index (χ1) is 30.6.